The van der Waals surface area contributed by atoms with Crippen molar-refractivity contribution >= 4 is 5.91 Å². The highest BCUT2D eigenvalue weighted by Crippen LogP contribution is 2.23. The van der Waals surface area contributed by atoms with Gasteiger partial charge in [-0.05, 0) is 51.9 Å². The van der Waals surface area contributed by atoms with Crippen molar-refractivity contribution < 1.29 is 4.79 Å². The van der Waals surface area contributed by atoms with Gasteiger partial charge < -0.3 is 16.0 Å². The first-order chi connectivity index (χ1) is 9.74. The number of amides is 1. The van der Waals surface area contributed by atoms with Crippen LogP contribution in [0.4, 0.5) is 0 Å². The molecule has 20 heavy (non-hydrogen) atoms. The Morgan fingerprint density at radius 2 is 2.00 bits per heavy atom. The third-order valence-corrected chi connectivity index (χ3v) is 4.79. The van der Waals surface area contributed by atoms with Crippen molar-refractivity contribution in [2.75, 3.05) is 45.8 Å². The molecule has 1 atom stereocenters. The number of carbonyl (C=O) groups excluding carboxylic acids is 1. The van der Waals surface area contributed by atoms with E-state index in [1.807, 2.05) is 0 Å². The molecule has 2 aliphatic heterocycles. The van der Waals surface area contributed by atoms with Gasteiger partial charge in [0.1, 0.15) is 0 Å². The van der Waals surface area contributed by atoms with Crippen LogP contribution in [0.2, 0.25) is 0 Å². The standard InChI is InChI=1S/C15H30N4O/c1-2-18-10-5-14(6-11-18)19-9-3-4-13(12-19)15(20)17-8-7-16/h13-14H,2-12,16H2,1H3,(H,17,20). The van der Waals surface area contributed by atoms with Crippen molar-refractivity contribution in [1.82, 2.24) is 15.1 Å². The molecule has 5 nitrogen and oxygen atoms in total. The van der Waals surface area contributed by atoms with E-state index in [0.29, 0.717) is 19.1 Å². The van der Waals surface area contributed by atoms with Gasteiger partial charge in [-0.15, -0.1) is 0 Å². The summed E-state index contributed by atoms with van der Waals surface area (Å²) in [6.45, 7) is 9.05. The Morgan fingerprint density at radius 1 is 1.25 bits per heavy atom. The summed E-state index contributed by atoms with van der Waals surface area (Å²) in [5.41, 5.74) is 5.45. The minimum Gasteiger partial charge on any atom is -0.355 e. The van der Waals surface area contributed by atoms with Crippen LogP contribution in [0.15, 0.2) is 0 Å². The lowest BCUT2D eigenvalue weighted by Gasteiger charge is -2.41. The average molecular weight is 282 g/mol. The van der Waals surface area contributed by atoms with E-state index in [1.54, 1.807) is 0 Å². The lowest BCUT2D eigenvalue weighted by atomic mass is 9.93. The van der Waals surface area contributed by atoms with Crippen molar-refractivity contribution in [2.24, 2.45) is 11.7 Å². The van der Waals surface area contributed by atoms with E-state index >= 15 is 0 Å². The zero-order valence-electron chi connectivity index (χ0n) is 12.8. The molecular weight excluding hydrogens is 252 g/mol. The van der Waals surface area contributed by atoms with Crippen LogP contribution in [0.3, 0.4) is 0 Å². The summed E-state index contributed by atoms with van der Waals surface area (Å²) < 4.78 is 0. The Labute approximate surface area is 122 Å². The second-order valence-corrected chi connectivity index (χ2v) is 6.08. The molecule has 0 bridgehead atoms. The molecule has 2 fully saturated rings. The fourth-order valence-corrected chi connectivity index (χ4v) is 3.49. The molecule has 3 N–H and O–H groups in total. The van der Waals surface area contributed by atoms with E-state index < -0.39 is 0 Å². The maximum Gasteiger partial charge on any atom is 0.224 e. The first kappa shape index (κ1) is 15.7. The molecule has 1 amide bonds. The Balaban J connectivity index is 1.80. The molecule has 0 aromatic rings. The molecule has 2 saturated heterocycles. The van der Waals surface area contributed by atoms with E-state index in [-0.39, 0.29) is 11.8 Å². The number of rotatable bonds is 5. The van der Waals surface area contributed by atoms with Crippen molar-refractivity contribution in [3.63, 3.8) is 0 Å². The minimum absolute atomic E-state index is 0.166. The number of nitrogens with zero attached hydrogens (tertiary/aromatic N) is 2. The number of hydrogen-bond donors (Lipinski definition) is 2. The highest BCUT2D eigenvalue weighted by Gasteiger charge is 2.31. The minimum atomic E-state index is 0.166. The third-order valence-electron chi connectivity index (χ3n) is 4.79. The van der Waals surface area contributed by atoms with Gasteiger partial charge >= 0.3 is 0 Å². The van der Waals surface area contributed by atoms with Gasteiger partial charge in [0.05, 0.1) is 5.92 Å². The molecule has 116 valence electrons. The topological polar surface area (TPSA) is 61.6 Å². The van der Waals surface area contributed by atoms with Gasteiger partial charge in [-0.1, -0.05) is 6.92 Å². The van der Waals surface area contributed by atoms with Gasteiger partial charge in [-0.25, -0.2) is 0 Å². The molecule has 2 rings (SSSR count). The molecule has 0 aliphatic carbocycles. The first-order valence-corrected chi connectivity index (χ1v) is 8.18. The number of nitrogens with two attached hydrogens (primary N) is 1. The summed E-state index contributed by atoms with van der Waals surface area (Å²) in [4.78, 5) is 17.2. The van der Waals surface area contributed by atoms with Crippen LogP contribution in [0.25, 0.3) is 0 Å². The van der Waals surface area contributed by atoms with E-state index in [9.17, 15) is 4.79 Å². The fraction of sp³-hybridized carbons (Fsp3) is 0.933. The van der Waals surface area contributed by atoms with Gasteiger partial charge in [-0.2, -0.15) is 0 Å². The van der Waals surface area contributed by atoms with Crippen LogP contribution in [-0.4, -0.2) is 67.6 Å². The van der Waals surface area contributed by atoms with E-state index in [0.717, 1.165) is 32.5 Å². The van der Waals surface area contributed by atoms with Crippen molar-refractivity contribution in [3.05, 3.63) is 0 Å². The van der Waals surface area contributed by atoms with Gasteiger partial charge in [-0.3, -0.25) is 9.69 Å². The zero-order valence-corrected chi connectivity index (χ0v) is 12.8. The van der Waals surface area contributed by atoms with Crippen LogP contribution >= 0.6 is 0 Å². The van der Waals surface area contributed by atoms with E-state index in [4.69, 9.17) is 5.73 Å². The molecule has 0 aromatic heterocycles. The first-order valence-electron chi connectivity index (χ1n) is 8.18. The maximum atomic E-state index is 12.1. The lowest BCUT2D eigenvalue weighted by molar-refractivity contribution is -0.127. The van der Waals surface area contributed by atoms with Gasteiger partial charge in [0.2, 0.25) is 5.91 Å². The summed E-state index contributed by atoms with van der Waals surface area (Å²) >= 11 is 0. The summed E-state index contributed by atoms with van der Waals surface area (Å²) in [5, 5.41) is 2.94. The normalized spacial score (nSPS) is 26.6. The molecule has 0 aromatic carbocycles. The summed E-state index contributed by atoms with van der Waals surface area (Å²) in [6, 6.07) is 0.683. The van der Waals surface area contributed by atoms with E-state index in [1.165, 1.54) is 25.9 Å². The Hall–Kier alpha value is -0.650. The van der Waals surface area contributed by atoms with Crippen molar-refractivity contribution in [3.8, 4) is 0 Å². The Morgan fingerprint density at radius 3 is 2.65 bits per heavy atom. The van der Waals surface area contributed by atoms with Crippen LogP contribution < -0.4 is 11.1 Å². The van der Waals surface area contributed by atoms with E-state index in [2.05, 4.69) is 22.0 Å². The molecule has 2 heterocycles. The van der Waals surface area contributed by atoms with Crippen LogP contribution in [0.1, 0.15) is 32.6 Å². The SMILES string of the molecule is CCN1CCC(N2CCCC(C(=O)NCCN)C2)CC1. The lowest BCUT2D eigenvalue weighted by Crippen LogP contribution is -2.51. The second kappa shape index (κ2) is 7.96. The van der Waals surface area contributed by atoms with Gasteiger partial charge in [0, 0.05) is 25.7 Å². The monoisotopic (exact) mass is 282 g/mol. The molecule has 1 unspecified atom stereocenters. The van der Waals surface area contributed by atoms with Crippen molar-refractivity contribution in [2.45, 2.75) is 38.6 Å². The Kier molecular flexibility index (Phi) is 6.26. The quantitative estimate of drug-likeness (QED) is 0.759. The number of likely N-dealkylation sites (tertiary alicyclic amines) is 2. The summed E-state index contributed by atoms with van der Waals surface area (Å²) in [7, 11) is 0. The number of nitrogens with one attached hydrogen (secondary N) is 1. The van der Waals surface area contributed by atoms with Crippen LogP contribution in [-0.2, 0) is 4.79 Å². The zero-order chi connectivity index (χ0) is 14.4. The van der Waals surface area contributed by atoms with Gasteiger partial charge in [0.15, 0.2) is 0 Å². The molecular formula is C15H30N4O. The van der Waals surface area contributed by atoms with Crippen LogP contribution in [0, 0.1) is 5.92 Å². The predicted molar refractivity (Wildman–Crippen MR) is 81.5 cm³/mol. The van der Waals surface area contributed by atoms with Crippen molar-refractivity contribution in [1.29, 1.82) is 0 Å². The summed E-state index contributed by atoms with van der Waals surface area (Å²) in [6.07, 6.45) is 4.69. The molecule has 0 spiro atoms. The summed E-state index contributed by atoms with van der Waals surface area (Å²) in [5.74, 6) is 0.366. The predicted octanol–water partition coefficient (Wildman–Crippen LogP) is 0.258. The second-order valence-electron chi connectivity index (χ2n) is 6.08. The van der Waals surface area contributed by atoms with Crippen LogP contribution in [0.5, 0.6) is 0 Å². The molecule has 2 aliphatic rings. The van der Waals surface area contributed by atoms with Gasteiger partial charge in [0.25, 0.3) is 0 Å². The maximum absolute atomic E-state index is 12.1. The number of piperidine rings is 2. The number of carbonyl (C=O) groups is 1. The molecule has 5 heteroatoms. The molecule has 0 saturated carbocycles. The smallest absolute Gasteiger partial charge is 0.224 e. The fourth-order valence-electron chi connectivity index (χ4n) is 3.49. The largest absolute Gasteiger partial charge is 0.355 e. The number of hydrogen-bond acceptors (Lipinski definition) is 4. The molecule has 0 radical (unpaired) electrons. The average Bonchev–Trinajstić information content (AvgIpc) is 2.52. The highest BCUT2D eigenvalue weighted by molar-refractivity contribution is 5.78. The third kappa shape index (κ3) is 4.17. The Bertz CT molecular complexity index is 302. The highest BCUT2D eigenvalue weighted by atomic mass is 16.1.